The van der Waals surface area contributed by atoms with Gasteiger partial charge >= 0.3 is 0 Å². The maximum atomic E-state index is 12.0. The first kappa shape index (κ1) is 18.5. The molecular formula is C19H26N2O2S. The quantitative estimate of drug-likeness (QED) is 0.648. The summed E-state index contributed by atoms with van der Waals surface area (Å²) in [7, 11) is 0. The van der Waals surface area contributed by atoms with Gasteiger partial charge in [-0.25, -0.2) is 0 Å². The van der Waals surface area contributed by atoms with E-state index in [-0.39, 0.29) is 18.6 Å². The van der Waals surface area contributed by atoms with Gasteiger partial charge in [-0.3, -0.25) is 4.79 Å². The molecule has 24 heavy (non-hydrogen) atoms. The number of hydrogen-bond acceptors (Lipinski definition) is 4. The molecule has 130 valence electrons. The van der Waals surface area contributed by atoms with Crippen molar-refractivity contribution in [2.45, 2.75) is 45.2 Å². The molecule has 0 fully saturated rings. The van der Waals surface area contributed by atoms with Crippen LogP contribution in [0.1, 0.15) is 43.2 Å². The van der Waals surface area contributed by atoms with E-state index in [0.717, 1.165) is 24.1 Å². The Morgan fingerprint density at radius 3 is 2.46 bits per heavy atom. The molecule has 1 amide bonds. The Bertz CT molecular complexity index is 607. The minimum atomic E-state index is -0.158. The van der Waals surface area contributed by atoms with Crippen molar-refractivity contribution in [1.82, 2.24) is 5.32 Å². The van der Waals surface area contributed by atoms with Gasteiger partial charge in [0.1, 0.15) is 0 Å². The predicted molar refractivity (Wildman–Crippen MR) is 100 cm³/mol. The van der Waals surface area contributed by atoms with Gasteiger partial charge in [-0.15, -0.1) is 11.3 Å². The second-order valence-corrected chi connectivity index (χ2v) is 6.83. The number of aliphatic hydroxyl groups excluding tert-OH is 1. The molecule has 5 heteroatoms. The number of carbonyl (C=O) groups excluding carboxylic acids is 1. The van der Waals surface area contributed by atoms with Gasteiger partial charge in [0.15, 0.2) is 0 Å². The highest BCUT2D eigenvalue weighted by atomic mass is 32.1. The lowest BCUT2D eigenvalue weighted by atomic mass is 10.1. The van der Waals surface area contributed by atoms with Gasteiger partial charge in [-0.2, -0.15) is 0 Å². The van der Waals surface area contributed by atoms with Crippen molar-refractivity contribution in [2.75, 3.05) is 11.9 Å². The second-order valence-electron chi connectivity index (χ2n) is 5.85. The van der Waals surface area contributed by atoms with Crippen molar-refractivity contribution in [2.24, 2.45) is 0 Å². The molecule has 4 nitrogen and oxygen atoms in total. The summed E-state index contributed by atoms with van der Waals surface area (Å²) < 4.78 is 0. The van der Waals surface area contributed by atoms with Crippen LogP contribution in [0.15, 0.2) is 41.8 Å². The summed E-state index contributed by atoms with van der Waals surface area (Å²) in [5.41, 5.74) is 2.02. The van der Waals surface area contributed by atoms with Crippen molar-refractivity contribution in [3.63, 3.8) is 0 Å². The molecule has 0 aliphatic rings. The highest BCUT2D eigenvalue weighted by Crippen LogP contribution is 2.26. The van der Waals surface area contributed by atoms with Crippen LogP contribution in [0, 0.1) is 0 Å². The van der Waals surface area contributed by atoms with Crippen LogP contribution in [0.2, 0.25) is 0 Å². The molecule has 2 aromatic rings. The van der Waals surface area contributed by atoms with Crippen molar-refractivity contribution in [3.8, 4) is 0 Å². The van der Waals surface area contributed by atoms with E-state index in [4.69, 9.17) is 5.11 Å². The molecule has 0 saturated heterocycles. The molecule has 1 heterocycles. The lowest BCUT2D eigenvalue weighted by Gasteiger charge is -2.17. The molecule has 2 unspecified atom stereocenters. The summed E-state index contributed by atoms with van der Waals surface area (Å²) in [6, 6.07) is 12.4. The second kappa shape index (κ2) is 9.45. The maximum absolute atomic E-state index is 12.0. The van der Waals surface area contributed by atoms with E-state index in [1.165, 1.54) is 4.88 Å². The molecule has 0 aliphatic heterocycles. The van der Waals surface area contributed by atoms with Gasteiger partial charge in [0, 0.05) is 10.6 Å². The van der Waals surface area contributed by atoms with Crippen LogP contribution < -0.4 is 10.6 Å². The Morgan fingerprint density at radius 2 is 1.92 bits per heavy atom. The Kier molecular flexibility index (Phi) is 7.28. The molecule has 1 aromatic carbocycles. The van der Waals surface area contributed by atoms with E-state index >= 15 is 0 Å². The summed E-state index contributed by atoms with van der Waals surface area (Å²) in [4.78, 5) is 13.3. The van der Waals surface area contributed by atoms with Gasteiger partial charge in [0.25, 0.3) is 0 Å². The minimum absolute atomic E-state index is 0.0216. The van der Waals surface area contributed by atoms with Crippen molar-refractivity contribution < 1.29 is 9.90 Å². The number of hydrogen-bond donors (Lipinski definition) is 3. The third-order valence-electron chi connectivity index (χ3n) is 4.03. The fourth-order valence-corrected chi connectivity index (χ4v) is 3.39. The first-order valence-corrected chi connectivity index (χ1v) is 9.33. The number of amides is 1. The topological polar surface area (TPSA) is 61.4 Å². The van der Waals surface area contributed by atoms with E-state index in [2.05, 4.69) is 35.1 Å². The first-order valence-electron chi connectivity index (χ1n) is 8.45. The summed E-state index contributed by atoms with van der Waals surface area (Å²) in [6.45, 7) is 4.09. The van der Waals surface area contributed by atoms with Crippen molar-refractivity contribution in [1.29, 1.82) is 0 Å². The number of thiophene rings is 1. The number of aliphatic hydroxyl groups is 1. The molecule has 2 atom stereocenters. The highest BCUT2D eigenvalue weighted by Gasteiger charge is 2.11. The number of benzene rings is 1. The van der Waals surface area contributed by atoms with E-state index in [9.17, 15) is 4.79 Å². The standard InChI is InChI=1S/C19H26N2O2S/c1-3-15(13-22)21-19(23)12-14-7-9-16(10-8-14)20-17(4-2)18-6-5-11-24-18/h5-11,15,17,20,22H,3-4,12-13H2,1-2H3,(H,21,23). The van der Waals surface area contributed by atoms with Crippen LogP contribution in [0.5, 0.6) is 0 Å². The summed E-state index contributed by atoms with van der Waals surface area (Å²) in [6.07, 6.45) is 2.08. The zero-order chi connectivity index (χ0) is 17.4. The Labute approximate surface area is 147 Å². The minimum Gasteiger partial charge on any atom is -0.394 e. The molecule has 0 aliphatic carbocycles. The Hall–Kier alpha value is -1.85. The average molecular weight is 346 g/mol. The van der Waals surface area contributed by atoms with Crippen LogP contribution in [0.3, 0.4) is 0 Å². The molecular weight excluding hydrogens is 320 g/mol. The average Bonchev–Trinajstić information content (AvgIpc) is 3.13. The van der Waals surface area contributed by atoms with Gasteiger partial charge in [0.05, 0.1) is 25.1 Å². The Morgan fingerprint density at radius 1 is 1.17 bits per heavy atom. The number of carbonyl (C=O) groups is 1. The van der Waals surface area contributed by atoms with Crippen LogP contribution in [-0.2, 0) is 11.2 Å². The predicted octanol–water partition coefficient (Wildman–Crippen LogP) is 3.74. The van der Waals surface area contributed by atoms with Crippen molar-refractivity contribution in [3.05, 3.63) is 52.2 Å². The number of anilines is 1. The largest absolute Gasteiger partial charge is 0.394 e. The first-order chi connectivity index (χ1) is 11.7. The van der Waals surface area contributed by atoms with Gasteiger partial charge in [-0.05, 0) is 42.0 Å². The molecule has 3 N–H and O–H groups in total. The van der Waals surface area contributed by atoms with Gasteiger partial charge in [-0.1, -0.05) is 32.0 Å². The number of nitrogens with one attached hydrogen (secondary N) is 2. The smallest absolute Gasteiger partial charge is 0.224 e. The Balaban J connectivity index is 1.91. The fourth-order valence-electron chi connectivity index (χ4n) is 2.52. The van der Waals surface area contributed by atoms with Crippen LogP contribution in [0.4, 0.5) is 5.69 Å². The van der Waals surface area contributed by atoms with E-state index in [1.54, 1.807) is 11.3 Å². The molecule has 0 spiro atoms. The highest BCUT2D eigenvalue weighted by molar-refractivity contribution is 7.10. The monoisotopic (exact) mass is 346 g/mol. The molecule has 0 radical (unpaired) electrons. The lowest BCUT2D eigenvalue weighted by molar-refractivity contribution is -0.121. The third kappa shape index (κ3) is 5.35. The third-order valence-corrected chi connectivity index (χ3v) is 5.02. The van der Waals surface area contributed by atoms with Crippen molar-refractivity contribution >= 4 is 22.9 Å². The summed E-state index contributed by atoms with van der Waals surface area (Å²) >= 11 is 1.76. The van der Waals surface area contributed by atoms with Crippen LogP contribution >= 0.6 is 11.3 Å². The normalized spacial score (nSPS) is 13.3. The fraction of sp³-hybridized carbons (Fsp3) is 0.421. The molecule has 2 rings (SSSR count). The van der Waals surface area contributed by atoms with Gasteiger partial charge < -0.3 is 15.7 Å². The summed E-state index contributed by atoms with van der Waals surface area (Å²) in [5, 5.41) is 17.6. The lowest BCUT2D eigenvalue weighted by Crippen LogP contribution is -2.37. The molecule has 0 saturated carbocycles. The molecule has 1 aromatic heterocycles. The maximum Gasteiger partial charge on any atom is 0.224 e. The zero-order valence-electron chi connectivity index (χ0n) is 14.3. The zero-order valence-corrected chi connectivity index (χ0v) is 15.1. The SMILES string of the molecule is CCC(CO)NC(=O)Cc1ccc(NC(CC)c2cccs2)cc1. The van der Waals surface area contributed by atoms with Crippen LogP contribution in [-0.4, -0.2) is 23.7 Å². The molecule has 0 bridgehead atoms. The van der Waals surface area contributed by atoms with E-state index in [0.29, 0.717) is 12.5 Å². The summed E-state index contributed by atoms with van der Waals surface area (Å²) in [5.74, 6) is -0.0540. The number of rotatable bonds is 9. The van der Waals surface area contributed by atoms with Crippen LogP contribution in [0.25, 0.3) is 0 Å². The van der Waals surface area contributed by atoms with E-state index < -0.39 is 0 Å². The van der Waals surface area contributed by atoms with Gasteiger partial charge in [0.2, 0.25) is 5.91 Å². The van der Waals surface area contributed by atoms with E-state index in [1.807, 2.05) is 31.2 Å².